The topological polar surface area (TPSA) is 52.6 Å². The molecule has 0 aliphatic rings. The van der Waals surface area contributed by atoms with Crippen LogP contribution >= 0.6 is 0 Å². The molecule has 0 amide bonds. The van der Waals surface area contributed by atoms with Crippen molar-refractivity contribution < 1.29 is 19.1 Å². The lowest BCUT2D eigenvalue weighted by atomic mass is 10.2. The molecular formula is C11H12O4. The Kier molecular flexibility index (Phi) is 3.85. The molecule has 0 spiro atoms. The maximum Gasteiger partial charge on any atom is 0.308 e. The monoisotopic (exact) mass is 208 g/mol. The molecule has 1 rings (SSSR count). The van der Waals surface area contributed by atoms with Gasteiger partial charge in [-0.3, -0.25) is 9.59 Å². The molecule has 0 unspecified atom stereocenters. The third-order valence-electron chi connectivity index (χ3n) is 1.66. The molecule has 0 fully saturated rings. The smallest absolute Gasteiger partial charge is 0.308 e. The number of hydrogen-bond acceptors (Lipinski definition) is 4. The van der Waals surface area contributed by atoms with Gasteiger partial charge in [0, 0.05) is 12.5 Å². The Morgan fingerprint density at radius 1 is 1.40 bits per heavy atom. The summed E-state index contributed by atoms with van der Waals surface area (Å²) in [6, 6.07) is 4.64. The van der Waals surface area contributed by atoms with E-state index in [1.165, 1.54) is 19.1 Å². The molecule has 0 saturated carbocycles. The van der Waals surface area contributed by atoms with Crippen LogP contribution in [0.2, 0.25) is 0 Å². The normalized spacial score (nSPS) is 9.47. The molecule has 4 nitrogen and oxygen atoms in total. The van der Waals surface area contributed by atoms with Crippen molar-refractivity contribution >= 4 is 12.3 Å². The van der Waals surface area contributed by atoms with Gasteiger partial charge in [-0.1, -0.05) is 0 Å². The van der Waals surface area contributed by atoms with Gasteiger partial charge in [-0.05, 0) is 25.1 Å². The van der Waals surface area contributed by atoms with Crippen molar-refractivity contribution in [1.82, 2.24) is 0 Å². The fraction of sp³-hybridized carbons (Fsp3) is 0.273. The van der Waals surface area contributed by atoms with Gasteiger partial charge in [0.2, 0.25) is 0 Å². The second kappa shape index (κ2) is 5.14. The molecule has 1 aromatic carbocycles. The maximum atomic E-state index is 10.8. The fourth-order valence-corrected chi connectivity index (χ4v) is 1.11. The van der Waals surface area contributed by atoms with Crippen LogP contribution in [-0.2, 0) is 4.79 Å². The van der Waals surface area contributed by atoms with Crippen LogP contribution < -0.4 is 9.47 Å². The summed E-state index contributed by atoms with van der Waals surface area (Å²) >= 11 is 0. The quantitative estimate of drug-likeness (QED) is 0.430. The van der Waals surface area contributed by atoms with Crippen molar-refractivity contribution in [2.75, 3.05) is 6.61 Å². The van der Waals surface area contributed by atoms with Crippen LogP contribution in [0.25, 0.3) is 0 Å². The minimum absolute atomic E-state index is 0.329. The minimum Gasteiger partial charge on any atom is -0.490 e. The van der Waals surface area contributed by atoms with Crippen molar-refractivity contribution in [1.29, 1.82) is 0 Å². The van der Waals surface area contributed by atoms with E-state index < -0.39 is 5.97 Å². The first-order valence-corrected chi connectivity index (χ1v) is 4.57. The summed E-state index contributed by atoms with van der Waals surface area (Å²) in [5.41, 5.74) is 0.481. The van der Waals surface area contributed by atoms with E-state index in [1.807, 2.05) is 6.92 Å². The van der Waals surface area contributed by atoms with Crippen LogP contribution in [0.4, 0.5) is 0 Å². The Labute approximate surface area is 87.8 Å². The predicted molar refractivity (Wildman–Crippen MR) is 54.3 cm³/mol. The van der Waals surface area contributed by atoms with Gasteiger partial charge in [-0.15, -0.1) is 0 Å². The molecule has 0 aromatic heterocycles. The summed E-state index contributed by atoms with van der Waals surface area (Å²) in [7, 11) is 0. The van der Waals surface area contributed by atoms with E-state index in [0.29, 0.717) is 30.0 Å². The van der Waals surface area contributed by atoms with Gasteiger partial charge in [0.25, 0.3) is 0 Å². The highest BCUT2D eigenvalue weighted by Gasteiger charge is 2.07. The SMILES string of the molecule is CCOc1cc(C=O)ccc1OC(C)=O. The summed E-state index contributed by atoms with van der Waals surface area (Å²) < 4.78 is 10.2. The molecule has 0 N–H and O–H groups in total. The number of carbonyl (C=O) groups is 2. The van der Waals surface area contributed by atoms with Gasteiger partial charge < -0.3 is 9.47 Å². The van der Waals surface area contributed by atoms with Crippen LogP contribution in [0.3, 0.4) is 0 Å². The minimum atomic E-state index is -0.421. The van der Waals surface area contributed by atoms with Gasteiger partial charge in [-0.25, -0.2) is 0 Å². The Morgan fingerprint density at radius 2 is 2.13 bits per heavy atom. The van der Waals surface area contributed by atoms with Gasteiger partial charge in [0.05, 0.1) is 6.61 Å². The number of carbonyl (C=O) groups excluding carboxylic acids is 2. The zero-order chi connectivity index (χ0) is 11.3. The van der Waals surface area contributed by atoms with Crippen molar-refractivity contribution in [3.05, 3.63) is 23.8 Å². The highest BCUT2D eigenvalue weighted by Crippen LogP contribution is 2.28. The van der Waals surface area contributed by atoms with Crippen LogP contribution in [0.5, 0.6) is 11.5 Å². The summed E-state index contributed by atoms with van der Waals surface area (Å²) in [6.07, 6.45) is 0.708. The zero-order valence-corrected chi connectivity index (χ0v) is 8.65. The van der Waals surface area contributed by atoms with Crippen LogP contribution in [0.15, 0.2) is 18.2 Å². The second-order valence-corrected chi connectivity index (χ2v) is 2.85. The molecule has 4 heteroatoms. The van der Waals surface area contributed by atoms with E-state index >= 15 is 0 Å². The largest absolute Gasteiger partial charge is 0.490 e. The predicted octanol–water partition coefficient (Wildman–Crippen LogP) is 1.82. The van der Waals surface area contributed by atoms with E-state index in [2.05, 4.69) is 0 Å². The first kappa shape index (κ1) is 11.2. The summed E-state index contributed by atoms with van der Waals surface area (Å²) in [5.74, 6) is 0.307. The average Bonchev–Trinajstić information content (AvgIpc) is 2.20. The van der Waals surface area contributed by atoms with Crippen molar-refractivity contribution in [3.8, 4) is 11.5 Å². The highest BCUT2D eigenvalue weighted by molar-refractivity contribution is 5.77. The lowest BCUT2D eigenvalue weighted by Gasteiger charge is -2.09. The van der Waals surface area contributed by atoms with Gasteiger partial charge in [0.1, 0.15) is 6.29 Å². The van der Waals surface area contributed by atoms with E-state index in [-0.39, 0.29) is 0 Å². The average molecular weight is 208 g/mol. The fourth-order valence-electron chi connectivity index (χ4n) is 1.11. The summed E-state index contributed by atoms with van der Waals surface area (Å²) in [4.78, 5) is 21.3. The molecule has 15 heavy (non-hydrogen) atoms. The molecular weight excluding hydrogens is 196 g/mol. The number of rotatable bonds is 4. The van der Waals surface area contributed by atoms with Crippen molar-refractivity contribution in [2.24, 2.45) is 0 Å². The first-order chi connectivity index (χ1) is 7.17. The molecule has 0 saturated heterocycles. The molecule has 0 radical (unpaired) electrons. The number of esters is 1. The molecule has 0 aliphatic heterocycles. The molecule has 0 aliphatic carbocycles. The number of ether oxygens (including phenoxy) is 2. The van der Waals surface area contributed by atoms with E-state index in [0.717, 1.165) is 0 Å². The standard InChI is InChI=1S/C11H12O4/c1-3-14-11-6-9(7-12)4-5-10(11)15-8(2)13/h4-7H,3H2,1-2H3. The van der Waals surface area contributed by atoms with Crippen LogP contribution in [-0.4, -0.2) is 18.9 Å². The first-order valence-electron chi connectivity index (χ1n) is 4.57. The number of hydrogen-bond donors (Lipinski definition) is 0. The molecule has 80 valence electrons. The maximum absolute atomic E-state index is 10.8. The van der Waals surface area contributed by atoms with E-state index in [4.69, 9.17) is 9.47 Å². The second-order valence-electron chi connectivity index (χ2n) is 2.85. The Balaban J connectivity index is 3.02. The van der Waals surface area contributed by atoms with Crippen molar-refractivity contribution in [3.63, 3.8) is 0 Å². The Morgan fingerprint density at radius 3 is 2.67 bits per heavy atom. The lowest BCUT2D eigenvalue weighted by molar-refractivity contribution is -0.132. The van der Waals surface area contributed by atoms with Crippen LogP contribution in [0.1, 0.15) is 24.2 Å². The van der Waals surface area contributed by atoms with E-state index in [9.17, 15) is 9.59 Å². The summed E-state index contributed by atoms with van der Waals surface area (Å²) in [5, 5.41) is 0. The lowest BCUT2D eigenvalue weighted by Crippen LogP contribution is -2.04. The van der Waals surface area contributed by atoms with Gasteiger partial charge in [0.15, 0.2) is 11.5 Å². The van der Waals surface area contributed by atoms with Gasteiger partial charge >= 0.3 is 5.97 Å². The molecule has 0 bridgehead atoms. The Bertz CT molecular complexity index is 371. The third-order valence-corrected chi connectivity index (χ3v) is 1.66. The number of benzene rings is 1. The van der Waals surface area contributed by atoms with Crippen LogP contribution in [0, 0.1) is 0 Å². The Hall–Kier alpha value is -1.84. The number of aldehydes is 1. The third kappa shape index (κ3) is 3.09. The zero-order valence-electron chi connectivity index (χ0n) is 8.65. The molecule has 0 heterocycles. The van der Waals surface area contributed by atoms with Crippen molar-refractivity contribution in [2.45, 2.75) is 13.8 Å². The van der Waals surface area contributed by atoms with E-state index in [1.54, 1.807) is 6.07 Å². The highest BCUT2D eigenvalue weighted by atomic mass is 16.6. The molecule has 1 aromatic rings. The molecule has 0 atom stereocenters. The van der Waals surface area contributed by atoms with Gasteiger partial charge in [-0.2, -0.15) is 0 Å². The summed E-state index contributed by atoms with van der Waals surface area (Å²) in [6.45, 7) is 3.56.